The Balaban J connectivity index is 2.63. The Morgan fingerprint density at radius 3 is 2.25 bits per heavy atom. The van der Waals surface area contributed by atoms with Gasteiger partial charge in [0.1, 0.15) is 18.3 Å². The SMILES string of the molecule is NC1[C@@H](O)[C@H](O)C(CO)O[C@@H]1O. The Labute approximate surface area is 69.2 Å². The molecule has 0 saturated carbocycles. The molecule has 0 radical (unpaired) electrons. The fourth-order valence-electron chi connectivity index (χ4n) is 1.12. The summed E-state index contributed by atoms with van der Waals surface area (Å²) in [5.74, 6) is 0. The van der Waals surface area contributed by atoms with Crippen molar-refractivity contribution in [2.45, 2.75) is 30.6 Å². The first kappa shape index (κ1) is 9.85. The maximum atomic E-state index is 9.20. The highest BCUT2D eigenvalue weighted by molar-refractivity contribution is 4.90. The molecular formula is C6H13NO5. The van der Waals surface area contributed by atoms with Crippen LogP contribution in [-0.4, -0.2) is 57.7 Å². The minimum atomic E-state index is -1.35. The first-order valence-corrected chi connectivity index (χ1v) is 3.64. The number of ether oxygens (including phenoxy) is 1. The Hall–Kier alpha value is -0.240. The third-order valence-electron chi connectivity index (χ3n) is 1.95. The summed E-state index contributed by atoms with van der Waals surface area (Å²) in [7, 11) is 0. The molecule has 1 saturated heterocycles. The maximum Gasteiger partial charge on any atom is 0.173 e. The van der Waals surface area contributed by atoms with Crippen molar-refractivity contribution in [1.82, 2.24) is 0 Å². The average molecular weight is 179 g/mol. The van der Waals surface area contributed by atoms with Crippen LogP contribution in [0.15, 0.2) is 0 Å². The molecule has 0 aromatic carbocycles. The van der Waals surface area contributed by atoms with Gasteiger partial charge >= 0.3 is 0 Å². The van der Waals surface area contributed by atoms with E-state index in [-0.39, 0.29) is 0 Å². The summed E-state index contributed by atoms with van der Waals surface area (Å²) in [5, 5.41) is 36.1. The van der Waals surface area contributed by atoms with Crippen LogP contribution < -0.4 is 5.73 Å². The zero-order chi connectivity index (χ0) is 9.30. The molecule has 6 N–H and O–H groups in total. The third kappa shape index (κ3) is 1.58. The van der Waals surface area contributed by atoms with Gasteiger partial charge in [-0.15, -0.1) is 0 Å². The molecule has 12 heavy (non-hydrogen) atoms. The topological polar surface area (TPSA) is 116 Å². The van der Waals surface area contributed by atoms with E-state index in [9.17, 15) is 10.2 Å². The molecule has 0 aromatic rings. The van der Waals surface area contributed by atoms with Gasteiger partial charge in [-0.25, -0.2) is 0 Å². The summed E-state index contributed by atoms with van der Waals surface area (Å²) < 4.78 is 4.70. The van der Waals surface area contributed by atoms with Crippen LogP contribution in [0.1, 0.15) is 0 Å². The van der Waals surface area contributed by atoms with Crippen molar-refractivity contribution in [3.8, 4) is 0 Å². The van der Waals surface area contributed by atoms with E-state index >= 15 is 0 Å². The second kappa shape index (κ2) is 3.65. The standard InChI is InChI=1S/C6H13NO5/c7-3-5(10)4(9)2(1-8)12-6(3)11/h2-6,8-11H,1,7H2/t2?,3?,4-,5-,6+/m1/s1. The molecule has 0 amide bonds. The molecule has 0 aliphatic carbocycles. The van der Waals surface area contributed by atoms with Gasteiger partial charge in [0.15, 0.2) is 6.29 Å². The van der Waals surface area contributed by atoms with Crippen LogP contribution >= 0.6 is 0 Å². The molecule has 1 aliphatic rings. The van der Waals surface area contributed by atoms with Crippen LogP contribution in [0.5, 0.6) is 0 Å². The lowest BCUT2D eigenvalue weighted by Gasteiger charge is -2.38. The van der Waals surface area contributed by atoms with Crippen molar-refractivity contribution < 1.29 is 25.2 Å². The minimum Gasteiger partial charge on any atom is -0.394 e. The molecule has 1 fully saturated rings. The lowest BCUT2D eigenvalue weighted by atomic mass is 9.98. The van der Waals surface area contributed by atoms with Crippen molar-refractivity contribution in [1.29, 1.82) is 0 Å². The number of aliphatic hydroxyl groups excluding tert-OH is 4. The van der Waals surface area contributed by atoms with Gasteiger partial charge in [-0.05, 0) is 0 Å². The molecular weight excluding hydrogens is 166 g/mol. The summed E-state index contributed by atoms with van der Waals surface area (Å²) >= 11 is 0. The number of hydrogen-bond donors (Lipinski definition) is 5. The molecule has 72 valence electrons. The summed E-state index contributed by atoms with van der Waals surface area (Å²) in [4.78, 5) is 0. The van der Waals surface area contributed by atoms with Gasteiger partial charge in [-0.1, -0.05) is 0 Å². The maximum absolute atomic E-state index is 9.20. The Morgan fingerprint density at radius 1 is 1.17 bits per heavy atom. The number of aliphatic hydroxyl groups is 4. The monoisotopic (exact) mass is 179 g/mol. The fraction of sp³-hybridized carbons (Fsp3) is 1.00. The van der Waals surface area contributed by atoms with Gasteiger partial charge in [0, 0.05) is 0 Å². The number of rotatable bonds is 1. The van der Waals surface area contributed by atoms with E-state index in [1.54, 1.807) is 0 Å². The van der Waals surface area contributed by atoms with Gasteiger partial charge in [-0.3, -0.25) is 0 Å². The predicted molar refractivity (Wildman–Crippen MR) is 38.0 cm³/mol. The molecule has 0 aromatic heterocycles. The van der Waals surface area contributed by atoms with Crippen LogP contribution in [0.4, 0.5) is 0 Å². The van der Waals surface area contributed by atoms with Crippen molar-refractivity contribution in [3.05, 3.63) is 0 Å². The van der Waals surface area contributed by atoms with Crippen molar-refractivity contribution >= 4 is 0 Å². The van der Waals surface area contributed by atoms with Crippen LogP contribution in [0.25, 0.3) is 0 Å². The van der Waals surface area contributed by atoms with Gasteiger partial charge in [0.25, 0.3) is 0 Å². The van der Waals surface area contributed by atoms with Gasteiger partial charge in [0.2, 0.25) is 0 Å². The zero-order valence-corrected chi connectivity index (χ0v) is 6.37. The first-order valence-electron chi connectivity index (χ1n) is 3.64. The zero-order valence-electron chi connectivity index (χ0n) is 6.37. The van der Waals surface area contributed by atoms with E-state index in [2.05, 4.69) is 0 Å². The fourth-order valence-corrected chi connectivity index (χ4v) is 1.12. The highest BCUT2D eigenvalue weighted by Crippen LogP contribution is 2.17. The van der Waals surface area contributed by atoms with Crippen molar-refractivity contribution in [3.63, 3.8) is 0 Å². The molecule has 2 unspecified atom stereocenters. The van der Waals surface area contributed by atoms with Gasteiger partial charge in [0.05, 0.1) is 12.6 Å². The van der Waals surface area contributed by atoms with Crippen LogP contribution in [0, 0.1) is 0 Å². The summed E-state index contributed by atoms with van der Waals surface area (Å²) in [6, 6.07) is -1.04. The molecule has 1 aliphatic heterocycles. The molecule has 5 atom stereocenters. The molecule has 6 heteroatoms. The third-order valence-corrected chi connectivity index (χ3v) is 1.95. The second-order valence-electron chi connectivity index (χ2n) is 2.81. The van der Waals surface area contributed by atoms with E-state index in [0.717, 1.165) is 0 Å². The first-order chi connectivity index (χ1) is 5.57. The van der Waals surface area contributed by atoms with E-state index < -0.39 is 37.3 Å². The summed E-state index contributed by atoms with van der Waals surface area (Å²) in [5.41, 5.74) is 5.26. The van der Waals surface area contributed by atoms with E-state index in [1.807, 2.05) is 0 Å². The summed E-state index contributed by atoms with van der Waals surface area (Å²) in [6.07, 6.45) is -4.85. The van der Waals surface area contributed by atoms with E-state index in [1.165, 1.54) is 0 Å². The van der Waals surface area contributed by atoms with Gasteiger partial charge < -0.3 is 30.9 Å². The van der Waals surface area contributed by atoms with Crippen molar-refractivity contribution in [2.75, 3.05) is 6.61 Å². The molecule has 6 nitrogen and oxygen atoms in total. The molecule has 1 heterocycles. The lowest BCUT2D eigenvalue weighted by Crippen LogP contribution is -2.61. The normalized spacial score (nSPS) is 49.2. The summed E-state index contributed by atoms with van der Waals surface area (Å²) in [6.45, 7) is -0.470. The van der Waals surface area contributed by atoms with Gasteiger partial charge in [-0.2, -0.15) is 0 Å². The molecule has 1 rings (SSSR count). The Kier molecular flexibility index (Phi) is 2.99. The van der Waals surface area contributed by atoms with Crippen LogP contribution in [0.3, 0.4) is 0 Å². The quantitative estimate of drug-likeness (QED) is 0.288. The Bertz CT molecular complexity index is 150. The highest BCUT2D eigenvalue weighted by Gasteiger charge is 2.41. The van der Waals surface area contributed by atoms with E-state index in [0.29, 0.717) is 0 Å². The second-order valence-corrected chi connectivity index (χ2v) is 2.81. The molecule has 0 bridgehead atoms. The lowest BCUT2D eigenvalue weighted by molar-refractivity contribution is -0.248. The predicted octanol–water partition coefficient (Wildman–Crippen LogP) is -3.26. The smallest absolute Gasteiger partial charge is 0.173 e. The van der Waals surface area contributed by atoms with Crippen molar-refractivity contribution in [2.24, 2.45) is 5.73 Å². The highest BCUT2D eigenvalue weighted by atomic mass is 16.6. The van der Waals surface area contributed by atoms with Crippen LogP contribution in [-0.2, 0) is 4.74 Å². The number of nitrogens with two attached hydrogens (primary N) is 1. The van der Waals surface area contributed by atoms with Crippen LogP contribution in [0.2, 0.25) is 0 Å². The van der Waals surface area contributed by atoms with E-state index in [4.69, 9.17) is 20.7 Å². The Morgan fingerprint density at radius 2 is 1.75 bits per heavy atom. The minimum absolute atomic E-state index is 0.470. The average Bonchev–Trinajstić information content (AvgIpc) is 2.08. The largest absolute Gasteiger partial charge is 0.394 e. The number of hydrogen-bond acceptors (Lipinski definition) is 6. The molecule has 0 spiro atoms.